The molecule has 0 bridgehead atoms. The lowest BCUT2D eigenvalue weighted by Crippen LogP contribution is -2.12. The highest BCUT2D eigenvalue weighted by Gasteiger charge is 2.22. The molecule has 0 aliphatic heterocycles. The number of hydrogen-bond acceptors (Lipinski definition) is 5. The number of halogens is 1. The zero-order valence-corrected chi connectivity index (χ0v) is 13.4. The maximum atomic E-state index is 12.2. The molecular formula is C11H9BrN2O4S2. The van der Waals surface area contributed by atoms with Crippen LogP contribution in [0.3, 0.4) is 0 Å². The van der Waals surface area contributed by atoms with Crippen molar-refractivity contribution in [3.63, 3.8) is 0 Å². The summed E-state index contributed by atoms with van der Waals surface area (Å²) in [6.45, 7) is 1.73. The van der Waals surface area contributed by atoms with Crippen molar-refractivity contribution in [2.24, 2.45) is 0 Å². The predicted octanol–water partition coefficient (Wildman–Crippen LogP) is 3.53. The van der Waals surface area contributed by atoms with Gasteiger partial charge in [-0.1, -0.05) is 6.07 Å². The fraction of sp³-hybridized carbons (Fsp3) is 0.0909. The van der Waals surface area contributed by atoms with E-state index in [2.05, 4.69) is 20.7 Å². The second-order valence-corrected chi connectivity index (χ2v) is 8.31. The monoisotopic (exact) mass is 376 g/mol. The van der Waals surface area contributed by atoms with Crippen LogP contribution in [-0.2, 0) is 10.0 Å². The summed E-state index contributed by atoms with van der Waals surface area (Å²) in [5.74, 6) is 0. The van der Waals surface area contributed by atoms with Gasteiger partial charge in [-0.2, -0.15) is 0 Å². The zero-order chi connectivity index (χ0) is 14.9. The lowest BCUT2D eigenvalue weighted by atomic mass is 10.2. The Labute approximate surface area is 127 Å². The lowest BCUT2D eigenvalue weighted by molar-refractivity contribution is -0.383. The molecule has 0 saturated carbocycles. The van der Waals surface area contributed by atoms with Gasteiger partial charge in [-0.15, -0.1) is 11.3 Å². The van der Waals surface area contributed by atoms with Gasteiger partial charge in [-0.05, 0) is 46.6 Å². The normalized spacial score (nSPS) is 11.3. The van der Waals surface area contributed by atoms with Gasteiger partial charge in [0.2, 0.25) is 0 Å². The zero-order valence-electron chi connectivity index (χ0n) is 10.2. The molecule has 0 spiro atoms. The van der Waals surface area contributed by atoms with Gasteiger partial charge in [0.15, 0.2) is 0 Å². The van der Waals surface area contributed by atoms with Gasteiger partial charge in [0.05, 0.1) is 8.71 Å². The highest BCUT2D eigenvalue weighted by Crippen LogP contribution is 2.31. The molecule has 2 rings (SSSR count). The molecule has 9 heteroatoms. The first-order chi connectivity index (χ1) is 9.29. The van der Waals surface area contributed by atoms with E-state index in [1.165, 1.54) is 18.2 Å². The second kappa shape index (κ2) is 5.51. The minimum absolute atomic E-state index is 0.0421. The molecule has 0 atom stereocenters. The Morgan fingerprint density at radius 3 is 2.55 bits per heavy atom. The average Bonchev–Trinajstić information content (AvgIpc) is 2.75. The second-order valence-electron chi connectivity index (χ2n) is 3.94. The van der Waals surface area contributed by atoms with Crippen LogP contribution in [0.5, 0.6) is 0 Å². The lowest BCUT2D eigenvalue weighted by Gasteiger charge is -2.07. The maximum Gasteiger partial charge on any atom is 0.293 e. The summed E-state index contributed by atoms with van der Waals surface area (Å²) in [4.78, 5) is 10.3. The SMILES string of the molecule is Cc1ccc([N+](=O)[O-])c(NS(=O)(=O)c2ccc(Br)s2)c1. The molecule has 6 nitrogen and oxygen atoms in total. The van der Waals surface area contributed by atoms with Gasteiger partial charge in [-0.3, -0.25) is 14.8 Å². The summed E-state index contributed by atoms with van der Waals surface area (Å²) in [5, 5.41) is 10.9. The van der Waals surface area contributed by atoms with E-state index in [1.54, 1.807) is 19.1 Å². The maximum absolute atomic E-state index is 12.2. The van der Waals surface area contributed by atoms with Crippen molar-refractivity contribution < 1.29 is 13.3 Å². The standard InChI is InChI=1S/C11H9BrN2O4S2/c1-7-2-3-9(14(15)16)8(6-7)13-20(17,18)11-5-4-10(12)19-11/h2-6,13H,1H3. The van der Waals surface area contributed by atoms with Crippen LogP contribution in [0.2, 0.25) is 0 Å². The number of nitro groups is 1. The number of nitrogens with one attached hydrogen (secondary N) is 1. The van der Waals surface area contributed by atoms with Crippen LogP contribution < -0.4 is 4.72 Å². The van der Waals surface area contributed by atoms with Crippen LogP contribution in [0.15, 0.2) is 38.3 Å². The molecule has 20 heavy (non-hydrogen) atoms. The van der Waals surface area contributed by atoms with E-state index < -0.39 is 14.9 Å². The van der Waals surface area contributed by atoms with Crippen molar-refractivity contribution in [1.82, 2.24) is 0 Å². The highest BCUT2D eigenvalue weighted by molar-refractivity contribution is 9.11. The summed E-state index contributed by atoms with van der Waals surface area (Å²) >= 11 is 4.21. The van der Waals surface area contributed by atoms with Gasteiger partial charge in [0, 0.05) is 6.07 Å². The van der Waals surface area contributed by atoms with E-state index in [1.807, 2.05) is 0 Å². The predicted molar refractivity (Wildman–Crippen MR) is 80.7 cm³/mol. The molecule has 106 valence electrons. The van der Waals surface area contributed by atoms with Gasteiger partial charge >= 0.3 is 0 Å². The molecule has 1 heterocycles. The van der Waals surface area contributed by atoms with Gasteiger partial charge in [0.25, 0.3) is 15.7 Å². The summed E-state index contributed by atoms with van der Waals surface area (Å²) < 4.78 is 27.3. The van der Waals surface area contributed by atoms with Crippen LogP contribution in [0.25, 0.3) is 0 Å². The van der Waals surface area contributed by atoms with E-state index in [-0.39, 0.29) is 15.6 Å². The molecule has 0 unspecified atom stereocenters. The molecule has 0 fully saturated rings. The van der Waals surface area contributed by atoms with Crippen molar-refractivity contribution in [1.29, 1.82) is 0 Å². The third kappa shape index (κ3) is 3.17. The fourth-order valence-electron chi connectivity index (χ4n) is 1.53. The molecule has 0 aliphatic carbocycles. The van der Waals surface area contributed by atoms with Crippen molar-refractivity contribution in [3.05, 3.63) is 49.8 Å². The first-order valence-electron chi connectivity index (χ1n) is 5.33. The number of sulfonamides is 1. The Balaban J connectivity index is 2.44. The van der Waals surface area contributed by atoms with Crippen LogP contribution in [0.1, 0.15) is 5.56 Å². The Kier molecular flexibility index (Phi) is 4.11. The number of nitro benzene ring substituents is 1. The summed E-state index contributed by atoms with van der Waals surface area (Å²) in [6.07, 6.45) is 0. The first kappa shape index (κ1) is 14.9. The molecule has 0 saturated heterocycles. The van der Waals surface area contributed by atoms with E-state index in [9.17, 15) is 18.5 Å². The quantitative estimate of drug-likeness (QED) is 0.652. The molecule has 2 aromatic rings. The number of aryl methyl sites for hydroxylation is 1. The Morgan fingerprint density at radius 1 is 1.30 bits per heavy atom. The molecule has 1 aromatic heterocycles. The third-order valence-electron chi connectivity index (χ3n) is 2.41. The van der Waals surface area contributed by atoms with E-state index in [0.29, 0.717) is 3.79 Å². The molecular weight excluding hydrogens is 368 g/mol. The number of benzene rings is 1. The van der Waals surface area contributed by atoms with Crippen molar-refractivity contribution in [2.75, 3.05) is 4.72 Å². The number of nitrogens with zero attached hydrogens (tertiary/aromatic N) is 1. The van der Waals surface area contributed by atoms with E-state index in [0.717, 1.165) is 16.9 Å². The highest BCUT2D eigenvalue weighted by atomic mass is 79.9. The summed E-state index contributed by atoms with van der Waals surface area (Å²) in [7, 11) is -3.83. The molecule has 1 aromatic carbocycles. The number of rotatable bonds is 4. The van der Waals surface area contributed by atoms with Gasteiger partial charge in [0.1, 0.15) is 9.90 Å². The Hall–Kier alpha value is -1.45. The van der Waals surface area contributed by atoms with Crippen LogP contribution in [-0.4, -0.2) is 13.3 Å². The van der Waals surface area contributed by atoms with Crippen LogP contribution in [0.4, 0.5) is 11.4 Å². The Morgan fingerprint density at radius 2 is 2.00 bits per heavy atom. The first-order valence-corrected chi connectivity index (χ1v) is 8.42. The third-order valence-corrected chi connectivity index (χ3v) is 5.89. The Bertz CT molecular complexity index is 770. The summed E-state index contributed by atoms with van der Waals surface area (Å²) in [6, 6.07) is 7.29. The molecule has 1 N–H and O–H groups in total. The van der Waals surface area contributed by atoms with Crippen molar-refractivity contribution >= 4 is 48.7 Å². The minimum atomic E-state index is -3.83. The molecule has 0 radical (unpaired) electrons. The molecule has 0 amide bonds. The molecule has 0 aliphatic rings. The number of anilines is 1. The minimum Gasteiger partial charge on any atom is -0.272 e. The topological polar surface area (TPSA) is 89.3 Å². The number of hydrogen-bond donors (Lipinski definition) is 1. The smallest absolute Gasteiger partial charge is 0.272 e. The fourth-order valence-corrected chi connectivity index (χ4v) is 4.60. The van der Waals surface area contributed by atoms with Crippen LogP contribution in [0, 0.1) is 17.0 Å². The van der Waals surface area contributed by atoms with E-state index >= 15 is 0 Å². The van der Waals surface area contributed by atoms with Crippen molar-refractivity contribution in [3.8, 4) is 0 Å². The number of thiophene rings is 1. The summed E-state index contributed by atoms with van der Waals surface area (Å²) in [5.41, 5.74) is 0.398. The van der Waals surface area contributed by atoms with Gasteiger partial charge < -0.3 is 0 Å². The van der Waals surface area contributed by atoms with E-state index in [4.69, 9.17) is 0 Å². The average molecular weight is 377 g/mol. The van der Waals surface area contributed by atoms with Gasteiger partial charge in [-0.25, -0.2) is 8.42 Å². The largest absolute Gasteiger partial charge is 0.293 e. The van der Waals surface area contributed by atoms with Crippen molar-refractivity contribution in [2.45, 2.75) is 11.1 Å². The van der Waals surface area contributed by atoms with Crippen LogP contribution >= 0.6 is 27.3 Å².